The van der Waals surface area contributed by atoms with E-state index in [4.69, 9.17) is 4.74 Å². The van der Waals surface area contributed by atoms with Gasteiger partial charge in [-0.2, -0.15) is 0 Å². The lowest BCUT2D eigenvalue weighted by atomic mass is 9.72. The number of hydrogen-bond acceptors (Lipinski definition) is 3. The number of benzene rings is 2. The average Bonchev–Trinajstić information content (AvgIpc) is 2.76. The summed E-state index contributed by atoms with van der Waals surface area (Å²) < 4.78 is 4.99. The lowest BCUT2D eigenvalue weighted by Gasteiger charge is -2.40. The molecule has 1 unspecified atom stereocenters. The van der Waals surface area contributed by atoms with E-state index in [1.165, 1.54) is 10.5 Å². The van der Waals surface area contributed by atoms with E-state index in [1.54, 1.807) is 0 Å². The second-order valence-electron chi connectivity index (χ2n) is 7.57. The van der Waals surface area contributed by atoms with Gasteiger partial charge < -0.3 is 4.74 Å². The molecule has 0 aliphatic carbocycles. The molecule has 0 aromatic heterocycles. The zero-order chi connectivity index (χ0) is 20.7. The number of carbonyl (C=O) groups excluding carboxylic acids is 1. The second-order valence-corrected chi connectivity index (χ2v) is 8.81. The Morgan fingerprint density at radius 1 is 1.10 bits per heavy atom. The van der Waals surface area contributed by atoms with E-state index in [-0.39, 0.29) is 11.4 Å². The molecule has 1 atom stereocenters. The maximum atomic E-state index is 11.5. The van der Waals surface area contributed by atoms with Crippen LogP contribution in [0.15, 0.2) is 53.4 Å². The number of aryl methyl sites for hydroxylation is 1. The van der Waals surface area contributed by atoms with Gasteiger partial charge >= 0.3 is 5.97 Å². The van der Waals surface area contributed by atoms with Crippen LogP contribution in [0.25, 0.3) is 0 Å². The zero-order valence-corrected chi connectivity index (χ0v) is 18.5. The molecule has 2 aromatic rings. The van der Waals surface area contributed by atoms with Crippen LogP contribution in [-0.2, 0) is 21.4 Å². The van der Waals surface area contributed by atoms with E-state index in [9.17, 15) is 4.79 Å². The van der Waals surface area contributed by atoms with Crippen LogP contribution in [-0.4, -0.2) is 17.8 Å². The van der Waals surface area contributed by atoms with E-state index in [0.717, 1.165) is 30.4 Å². The maximum absolute atomic E-state index is 11.5. The number of fused-ring (bicyclic) bond motifs is 1. The number of esters is 1. The highest BCUT2D eigenvalue weighted by Gasteiger charge is 2.37. The summed E-state index contributed by atoms with van der Waals surface area (Å²) in [5.41, 5.74) is 3.90. The molecule has 0 bridgehead atoms. The van der Waals surface area contributed by atoms with Gasteiger partial charge in [0.15, 0.2) is 0 Å². The minimum absolute atomic E-state index is 0.138. The van der Waals surface area contributed by atoms with Crippen molar-refractivity contribution in [3.05, 3.63) is 65.2 Å². The number of carbonyl (C=O) groups is 1. The Kier molecular flexibility index (Phi) is 7.45. The summed E-state index contributed by atoms with van der Waals surface area (Å²) in [7, 11) is 0. The molecule has 0 N–H and O–H groups in total. The fourth-order valence-corrected chi connectivity index (χ4v) is 5.46. The smallest absolute Gasteiger partial charge is 0.306 e. The largest absolute Gasteiger partial charge is 0.466 e. The van der Waals surface area contributed by atoms with Crippen LogP contribution in [0.3, 0.4) is 0 Å². The fraction of sp³-hybridized carbons (Fsp3) is 0.423. The molecule has 0 fully saturated rings. The van der Waals surface area contributed by atoms with Crippen LogP contribution in [0.5, 0.6) is 0 Å². The Balaban J connectivity index is 1.69. The van der Waals surface area contributed by atoms with Crippen molar-refractivity contribution < 1.29 is 9.53 Å². The molecule has 29 heavy (non-hydrogen) atoms. The van der Waals surface area contributed by atoms with Crippen LogP contribution in [0.2, 0.25) is 0 Å². The first-order valence-electron chi connectivity index (χ1n) is 10.6. The van der Waals surface area contributed by atoms with Crippen molar-refractivity contribution in [1.82, 2.24) is 0 Å². The first-order valence-corrected chi connectivity index (χ1v) is 11.5. The first kappa shape index (κ1) is 21.5. The highest BCUT2D eigenvalue weighted by atomic mass is 32.2. The molecule has 3 heteroatoms. The molecule has 1 heterocycles. The Labute approximate surface area is 179 Å². The van der Waals surface area contributed by atoms with Gasteiger partial charge in [-0.15, -0.1) is 11.8 Å². The Morgan fingerprint density at radius 3 is 2.52 bits per heavy atom. The SMILES string of the molecule is CCOC(=O)CCc1ccc(C#CC2CC(CC)(CC)c3ccccc3S2)cc1. The third kappa shape index (κ3) is 5.25. The van der Waals surface area contributed by atoms with Gasteiger partial charge in [-0.3, -0.25) is 4.79 Å². The lowest BCUT2D eigenvalue weighted by Crippen LogP contribution is -2.32. The molecule has 0 amide bonds. The summed E-state index contributed by atoms with van der Waals surface area (Å²) in [5, 5.41) is 0.313. The number of ether oxygens (including phenoxy) is 1. The van der Waals surface area contributed by atoms with E-state index in [2.05, 4.69) is 74.2 Å². The van der Waals surface area contributed by atoms with Crippen molar-refractivity contribution in [2.75, 3.05) is 6.61 Å². The first-order chi connectivity index (χ1) is 14.1. The van der Waals surface area contributed by atoms with Crippen molar-refractivity contribution in [3.8, 4) is 11.8 Å². The van der Waals surface area contributed by atoms with Gasteiger partial charge in [0, 0.05) is 16.9 Å². The van der Waals surface area contributed by atoms with E-state index < -0.39 is 0 Å². The zero-order valence-electron chi connectivity index (χ0n) is 17.7. The standard InChI is InChI=1S/C26H30O2S/c1-4-26(5-2)19-22(29-24-10-8-7-9-23(24)26)17-15-20-11-13-21(14-12-20)16-18-25(27)28-6-3/h7-14,22H,4-6,16,18-19H2,1-3H3. The molecule has 0 spiro atoms. The van der Waals surface area contributed by atoms with Crippen molar-refractivity contribution in [1.29, 1.82) is 0 Å². The monoisotopic (exact) mass is 406 g/mol. The van der Waals surface area contributed by atoms with Crippen LogP contribution in [0.1, 0.15) is 63.1 Å². The Hall–Kier alpha value is -2.18. The normalized spacial score (nSPS) is 17.0. The van der Waals surface area contributed by atoms with Crippen molar-refractivity contribution in [2.45, 2.75) is 68.4 Å². The average molecular weight is 407 g/mol. The van der Waals surface area contributed by atoms with Gasteiger partial charge in [0.1, 0.15) is 0 Å². The molecule has 152 valence electrons. The maximum Gasteiger partial charge on any atom is 0.306 e. The number of hydrogen-bond donors (Lipinski definition) is 0. The molecular formula is C26H30O2S. The summed E-state index contributed by atoms with van der Waals surface area (Å²) in [4.78, 5) is 12.9. The fourth-order valence-electron chi connectivity index (χ4n) is 4.07. The Bertz CT molecular complexity index is 885. The third-order valence-corrected chi connectivity index (χ3v) is 7.09. The Morgan fingerprint density at radius 2 is 1.83 bits per heavy atom. The third-order valence-electron chi connectivity index (χ3n) is 5.91. The summed E-state index contributed by atoms with van der Waals surface area (Å²) in [6, 6.07) is 17.1. The van der Waals surface area contributed by atoms with Crippen molar-refractivity contribution in [3.63, 3.8) is 0 Å². The van der Waals surface area contributed by atoms with Gasteiger partial charge in [0.25, 0.3) is 0 Å². The molecule has 2 nitrogen and oxygen atoms in total. The van der Waals surface area contributed by atoms with Crippen LogP contribution in [0.4, 0.5) is 0 Å². The predicted octanol–water partition coefficient (Wildman–Crippen LogP) is 6.16. The number of rotatable bonds is 6. The molecule has 0 saturated carbocycles. The molecule has 1 aliphatic rings. The van der Waals surface area contributed by atoms with Gasteiger partial charge in [-0.25, -0.2) is 0 Å². The molecule has 0 saturated heterocycles. The van der Waals surface area contributed by atoms with Gasteiger partial charge in [-0.05, 0) is 67.3 Å². The minimum Gasteiger partial charge on any atom is -0.466 e. The molecule has 1 aliphatic heterocycles. The lowest BCUT2D eigenvalue weighted by molar-refractivity contribution is -0.143. The molecule has 0 radical (unpaired) electrons. The second kappa shape index (κ2) is 10.0. The topological polar surface area (TPSA) is 26.3 Å². The predicted molar refractivity (Wildman–Crippen MR) is 121 cm³/mol. The van der Waals surface area contributed by atoms with Crippen molar-refractivity contribution >= 4 is 17.7 Å². The van der Waals surface area contributed by atoms with E-state index in [1.807, 2.05) is 18.7 Å². The summed E-state index contributed by atoms with van der Waals surface area (Å²) in [6.45, 7) is 6.87. The van der Waals surface area contributed by atoms with Gasteiger partial charge in [-0.1, -0.05) is 56.0 Å². The summed E-state index contributed by atoms with van der Waals surface area (Å²) in [5.74, 6) is 6.77. The summed E-state index contributed by atoms with van der Waals surface area (Å²) in [6.07, 6.45) is 4.53. The van der Waals surface area contributed by atoms with E-state index >= 15 is 0 Å². The quantitative estimate of drug-likeness (QED) is 0.425. The minimum atomic E-state index is -0.138. The number of thioether (sulfide) groups is 1. The van der Waals surface area contributed by atoms with Crippen LogP contribution >= 0.6 is 11.8 Å². The highest BCUT2D eigenvalue weighted by Crippen LogP contribution is 2.48. The molecule has 2 aromatic carbocycles. The van der Waals surface area contributed by atoms with Gasteiger partial charge in [0.2, 0.25) is 0 Å². The van der Waals surface area contributed by atoms with E-state index in [0.29, 0.717) is 24.7 Å². The molecular weight excluding hydrogens is 376 g/mol. The van der Waals surface area contributed by atoms with Crippen molar-refractivity contribution in [2.24, 2.45) is 0 Å². The van der Waals surface area contributed by atoms with Gasteiger partial charge in [0.05, 0.1) is 11.9 Å². The van der Waals surface area contributed by atoms with Crippen LogP contribution in [0, 0.1) is 11.8 Å². The molecule has 3 rings (SSSR count). The highest BCUT2D eigenvalue weighted by molar-refractivity contribution is 8.00. The summed E-state index contributed by atoms with van der Waals surface area (Å²) >= 11 is 1.90. The van der Waals surface area contributed by atoms with Crippen LogP contribution < -0.4 is 0 Å².